The predicted octanol–water partition coefficient (Wildman–Crippen LogP) is 2.24. The molecule has 0 saturated carbocycles. The van der Waals surface area contributed by atoms with E-state index in [-0.39, 0.29) is 5.91 Å². The van der Waals surface area contributed by atoms with Crippen LogP contribution in [-0.2, 0) is 0 Å². The first-order valence-electron chi connectivity index (χ1n) is 6.47. The summed E-state index contributed by atoms with van der Waals surface area (Å²) in [5.41, 5.74) is 5.62. The van der Waals surface area contributed by atoms with Crippen LogP contribution in [-0.4, -0.2) is 16.8 Å². The average Bonchev–Trinajstić information content (AvgIpc) is 3.06. The monoisotopic (exact) mass is 279 g/mol. The molecular weight excluding hydrogens is 266 g/mol. The van der Waals surface area contributed by atoms with Gasteiger partial charge in [-0.2, -0.15) is 0 Å². The Hall–Kier alpha value is -3.08. The lowest BCUT2D eigenvalue weighted by Crippen LogP contribution is -2.41. The number of carbonyl (C=O) groups is 2. The maximum absolute atomic E-state index is 12.0. The van der Waals surface area contributed by atoms with Crippen LogP contribution < -0.4 is 10.9 Å². The molecule has 0 unspecified atom stereocenters. The van der Waals surface area contributed by atoms with Gasteiger partial charge in [-0.25, -0.2) is 0 Å². The molecule has 0 fully saturated rings. The van der Waals surface area contributed by atoms with E-state index in [2.05, 4.69) is 15.8 Å². The maximum atomic E-state index is 12.0. The number of aromatic nitrogens is 1. The molecule has 1 heterocycles. The van der Waals surface area contributed by atoms with Crippen LogP contribution in [0.2, 0.25) is 0 Å². The van der Waals surface area contributed by atoms with Gasteiger partial charge in [0.25, 0.3) is 11.8 Å². The van der Waals surface area contributed by atoms with Gasteiger partial charge in [-0.15, -0.1) is 0 Å². The third-order valence-electron chi connectivity index (χ3n) is 3.14. The molecule has 5 nitrogen and oxygen atoms in total. The van der Waals surface area contributed by atoms with Gasteiger partial charge in [0.15, 0.2) is 0 Å². The highest BCUT2D eigenvalue weighted by molar-refractivity contribution is 6.00. The van der Waals surface area contributed by atoms with Gasteiger partial charge in [0.05, 0.1) is 0 Å². The molecule has 3 aromatic rings. The fourth-order valence-electron chi connectivity index (χ4n) is 2.06. The van der Waals surface area contributed by atoms with Crippen LogP contribution in [0.1, 0.15) is 20.8 Å². The van der Waals surface area contributed by atoms with Crippen molar-refractivity contribution in [1.29, 1.82) is 0 Å². The Morgan fingerprint density at radius 2 is 1.57 bits per heavy atom. The molecule has 0 saturated heterocycles. The van der Waals surface area contributed by atoms with Gasteiger partial charge in [0.1, 0.15) is 5.69 Å². The van der Waals surface area contributed by atoms with Crippen molar-refractivity contribution < 1.29 is 9.59 Å². The number of fused-ring (bicyclic) bond motifs is 1. The van der Waals surface area contributed by atoms with Crippen molar-refractivity contribution in [3.8, 4) is 0 Å². The van der Waals surface area contributed by atoms with Crippen LogP contribution in [0.5, 0.6) is 0 Å². The van der Waals surface area contributed by atoms with E-state index < -0.39 is 5.91 Å². The Kier molecular flexibility index (Phi) is 3.39. The van der Waals surface area contributed by atoms with Crippen LogP contribution in [0.15, 0.2) is 60.8 Å². The summed E-state index contributed by atoms with van der Waals surface area (Å²) in [6, 6.07) is 16.5. The third-order valence-corrected chi connectivity index (χ3v) is 3.14. The highest BCUT2D eigenvalue weighted by atomic mass is 16.2. The predicted molar refractivity (Wildman–Crippen MR) is 79.7 cm³/mol. The molecule has 0 aliphatic rings. The Bertz CT molecular complexity index is 794. The average molecular weight is 279 g/mol. The highest BCUT2D eigenvalue weighted by Gasteiger charge is 2.09. The second kappa shape index (κ2) is 5.50. The third kappa shape index (κ3) is 2.76. The standard InChI is InChI=1S/C16H13N3O2/c20-15(18-19-16(21)14-6-3-9-17-14)13-8-7-11-4-1-2-5-12(11)10-13/h1-10,17H,(H,18,20)(H,19,21). The quantitative estimate of drug-likeness (QED) is 0.629. The lowest BCUT2D eigenvalue weighted by Gasteiger charge is -2.07. The van der Waals surface area contributed by atoms with Crippen molar-refractivity contribution in [3.05, 3.63) is 72.1 Å². The van der Waals surface area contributed by atoms with Crippen LogP contribution in [0, 0.1) is 0 Å². The highest BCUT2D eigenvalue weighted by Crippen LogP contribution is 2.15. The van der Waals surface area contributed by atoms with Crippen LogP contribution in [0.3, 0.4) is 0 Å². The van der Waals surface area contributed by atoms with Gasteiger partial charge in [-0.05, 0) is 35.0 Å². The van der Waals surface area contributed by atoms with E-state index in [1.807, 2.05) is 30.3 Å². The molecule has 1 aromatic heterocycles. The number of carbonyl (C=O) groups excluding carboxylic acids is 2. The molecule has 5 heteroatoms. The Balaban J connectivity index is 1.70. The second-order valence-corrected chi connectivity index (χ2v) is 4.55. The van der Waals surface area contributed by atoms with E-state index in [1.54, 1.807) is 30.5 Å². The van der Waals surface area contributed by atoms with E-state index in [9.17, 15) is 9.59 Å². The SMILES string of the molecule is O=C(NNC(=O)c1ccc[nH]1)c1ccc2ccccc2c1. The van der Waals surface area contributed by atoms with Gasteiger partial charge >= 0.3 is 0 Å². The van der Waals surface area contributed by atoms with Crippen LogP contribution in [0.4, 0.5) is 0 Å². The number of rotatable bonds is 2. The fourth-order valence-corrected chi connectivity index (χ4v) is 2.06. The van der Waals surface area contributed by atoms with E-state index >= 15 is 0 Å². The maximum Gasteiger partial charge on any atom is 0.286 e. The number of hydrogen-bond acceptors (Lipinski definition) is 2. The zero-order valence-electron chi connectivity index (χ0n) is 11.1. The molecular formula is C16H13N3O2. The summed E-state index contributed by atoms with van der Waals surface area (Å²) in [5, 5.41) is 2.03. The zero-order chi connectivity index (χ0) is 14.7. The summed E-state index contributed by atoms with van der Waals surface area (Å²) < 4.78 is 0. The molecule has 0 radical (unpaired) electrons. The normalized spacial score (nSPS) is 10.3. The molecule has 3 N–H and O–H groups in total. The van der Waals surface area contributed by atoms with Crippen LogP contribution in [0.25, 0.3) is 10.8 Å². The summed E-state index contributed by atoms with van der Waals surface area (Å²) >= 11 is 0. The molecule has 2 aromatic carbocycles. The minimum Gasteiger partial charge on any atom is -0.357 e. The Morgan fingerprint density at radius 1 is 0.810 bits per heavy atom. The van der Waals surface area contributed by atoms with Gasteiger partial charge in [-0.3, -0.25) is 20.4 Å². The number of hydrogen-bond donors (Lipinski definition) is 3. The Morgan fingerprint density at radius 3 is 2.33 bits per heavy atom. The summed E-state index contributed by atoms with van der Waals surface area (Å²) in [4.78, 5) is 26.5. The van der Waals surface area contributed by atoms with Crippen molar-refractivity contribution >= 4 is 22.6 Å². The number of aromatic amines is 1. The van der Waals surface area contributed by atoms with Crippen molar-refractivity contribution in [2.45, 2.75) is 0 Å². The van der Waals surface area contributed by atoms with E-state index in [0.717, 1.165) is 10.8 Å². The van der Waals surface area contributed by atoms with E-state index in [4.69, 9.17) is 0 Å². The van der Waals surface area contributed by atoms with Crippen molar-refractivity contribution in [2.75, 3.05) is 0 Å². The first-order chi connectivity index (χ1) is 10.2. The molecule has 2 amide bonds. The number of benzene rings is 2. The van der Waals surface area contributed by atoms with Gasteiger partial charge in [0, 0.05) is 11.8 Å². The van der Waals surface area contributed by atoms with Crippen LogP contribution >= 0.6 is 0 Å². The number of amides is 2. The largest absolute Gasteiger partial charge is 0.357 e. The smallest absolute Gasteiger partial charge is 0.286 e. The van der Waals surface area contributed by atoms with Crippen molar-refractivity contribution in [2.24, 2.45) is 0 Å². The number of H-pyrrole nitrogens is 1. The van der Waals surface area contributed by atoms with Gasteiger partial charge < -0.3 is 4.98 Å². The Labute approximate surface area is 121 Å². The van der Waals surface area contributed by atoms with Crippen molar-refractivity contribution in [1.82, 2.24) is 15.8 Å². The minimum atomic E-state index is -0.394. The second-order valence-electron chi connectivity index (χ2n) is 4.55. The van der Waals surface area contributed by atoms with E-state index in [0.29, 0.717) is 11.3 Å². The number of nitrogens with one attached hydrogen (secondary N) is 3. The lowest BCUT2D eigenvalue weighted by molar-refractivity contribution is 0.0844. The molecule has 0 bridgehead atoms. The summed E-state index contributed by atoms with van der Waals surface area (Å²) in [7, 11) is 0. The molecule has 0 spiro atoms. The molecule has 104 valence electrons. The summed E-state index contributed by atoms with van der Waals surface area (Å²) in [6.07, 6.45) is 1.64. The molecule has 0 atom stereocenters. The van der Waals surface area contributed by atoms with E-state index in [1.165, 1.54) is 0 Å². The summed E-state index contributed by atoms with van der Waals surface area (Å²) in [6.45, 7) is 0. The van der Waals surface area contributed by atoms with Crippen molar-refractivity contribution in [3.63, 3.8) is 0 Å². The van der Waals surface area contributed by atoms with Gasteiger partial charge in [0.2, 0.25) is 0 Å². The summed E-state index contributed by atoms with van der Waals surface area (Å²) in [5.74, 6) is -0.755. The molecule has 0 aliphatic carbocycles. The fraction of sp³-hybridized carbons (Fsp3) is 0. The topological polar surface area (TPSA) is 74.0 Å². The zero-order valence-corrected chi connectivity index (χ0v) is 11.1. The lowest BCUT2D eigenvalue weighted by atomic mass is 10.1. The first-order valence-corrected chi connectivity index (χ1v) is 6.47. The molecule has 0 aliphatic heterocycles. The first kappa shape index (κ1) is 12.9. The number of hydrazine groups is 1. The molecule has 3 rings (SSSR count). The van der Waals surface area contributed by atoms with Gasteiger partial charge in [-0.1, -0.05) is 30.3 Å². The molecule has 21 heavy (non-hydrogen) atoms. The minimum absolute atomic E-state index is 0.361.